The van der Waals surface area contributed by atoms with E-state index in [9.17, 15) is 9.59 Å². The van der Waals surface area contributed by atoms with Gasteiger partial charge < -0.3 is 9.80 Å². The van der Waals surface area contributed by atoms with Crippen LogP contribution in [0.15, 0.2) is 24.3 Å². The predicted molar refractivity (Wildman–Crippen MR) is 96.9 cm³/mol. The van der Waals surface area contributed by atoms with Gasteiger partial charge in [-0.3, -0.25) is 14.9 Å². The van der Waals surface area contributed by atoms with Crippen LogP contribution in [-0.2, 0) is 16.0 Å². The molecule has 2 aliphatic heterocycles. The maximum atomic E-state index is 12.6. The Hall–Kier alpha value is -1.53. The van der Waals surface area contributed by atoms with Crippen LogP contribution in [0.1, 0.15) is 17.5 Å². The van der Waals surface area contributed by atoms with E-state index in [4.69, 9.17) is 0 Å². The average molecular weight is 347 g/mol. The molecule has 2 saturated heterocycles. The number of carbonyl (C=O) groups excluding carboxylic acids is 2. The van der Waals surface area contributed by atoms with Gasteiger partial charge in [-0.25, -0.2) is 0 Å². The molecule has 0 saturated carbocycles. The van der Waals surface area contributed by atoms with Crippen LogP contribution >= 0.6 is 11.8 Å². The molecule has 0 bridgehead atoms. The Balaban J connectivity index is 1.54. The molecule has 1 aromatic carbocycles. The lowest BCUT2D eigenvalue weighted by Gasteiger charge is -2.24. The fraction of sp³-hybridized carbons (Fsp3) is 0.556. The average Bonchev–Trinajstić information content (AvgIpc) is 2.98. The minimum atomic E-state index is -0.0513. The highest BCUT2D eigenvalue weighted by molar-refractivity contribution is 7.99. The van der Waals surface area contributed by atoms with Crippen molar-refractivity contribution in [3.05, 3.63) is 35.4 Å². The summed E-state index contributed by atoms with van der Waals surface area (Å²) < 4.78 is 0. The monoisotopic (exact) mass is 347 g/mol. The summed E-state index contributed by atoms with van der Waals surface area (Å²) in [4.78, 5) is 28.9. The summed E-state index contributed by atoms with van der Waals surface area (Å²) in [5, 5.41) is 3.24. The van der Waals surface area contributed by atoms with Crippen molar-refractivity contribution in [2.24, 2.45) is 0 Å². The highest BCUT2D eigenvalue weighted by Crippen LogP contribution is 2.14. The van der Waals surface area contributed by atoms with Crippen LogP contribution in [0.25, 0.3) is 0 Å². The number of aryl methyl sites for hydroxylation is 1. The van der Waals surface area contributed by atoms with Crippen molar-refractivity contribution in [1.82, 2.24) is 15.1 Å². The number of hydrogen-bond donors (Lipinski definition) is 1. The second-order valence-electron chi connectivity index (χ2n) is 6.50. The molecule has 2 aliphatic rings. The number of carbonyl (C=O) groups is 2. The first-order valence-corrected chi connectivity index (χ1v) is 9.72. The second-order valence-corrected chi connectivity index (χ2v) is 7.53. The summed E-state index contributed by atoms with van der Waals surface area (Å²) in [5.41, 5.74) is 2.24. The van der Waals surface area contributed by atoms with Crippen molar-refractivity contribution >= 4 is 23.6 Å². The summed E-state index contributed by atoms with van der Waals surface area (Å²) in [6, 6.07) is 8.05. The summed E-state index contributed by atoms with van der Waals surface area (Å²) in [7, 11) is 0. The Morgan fingerprint density at radius 2 is 2.00 bits per heavy atom. The first kappa shape index (κ1) is 17.3. The topological polar surface area (TPSA) is 52.7 Å². The third kappa shape index (κ3) is 4.30. The van der Waals surface area contributed by atoms with E-state index in [2.05, 4.69) is 11.4 Å². The van der Waals surface area contributed by atoms with Gasteiger partial charge in [0.25, 0.3) is 0 Å². The van der Waals surface area contributed by atoms with Crippen LogP contribution < -0.4 is 5.32 Å². The number of thioether (sulfide) groups is 1. The highest BCUT2D eigenvalue weighted by atomic mass is 32.2. The summed E-state index contributed by atoms with van der Waals surface area (Å²) in [6.45, 7) is 4.80. The molecule has 24 heavy (non-hydrogen) atoms. The van der Waals surface area contributed by atoms with Crippen molar-refractivity contribution in [2.75, 3.05) is 37.8 Å². The van der Waals surface area contributed by atoms with Crippen LogP contribution in [0.4, 0.5) is 0 Å². The molecule has 130 valence electrons. The standard InChI is InChI=1S/C18H25N3O2S/c1-14-4-2-5-15(10-14)11-17(22)20-6-3-7-21(9-8-20)18(23)16-12-24-13-19-16/h2,4-5,10,16,19H,3,6-9,11-13H2,1H3. The number of nitrogens with zero attached hydrogens (tertiary/aromatic N) is 2. The molecule has 1 aromatic rings. The van der Waals surface area contributed by atoms with Gasteiger partial charge in [-0.15, -0.1) is 11.8 Å². The molecule has 0 radical (unpaired) electrons. The Bertz CT molecular complexity index is 602. The van der Waals surface area contributed by atoms with Crippen molar-refractivity contribution in [2.45, 2.75) is 25.8 Å². The Morgan fingerprint density at radius 3 is 2.75 bits per heavy atom. The normalized spacial score (nSPS) is 21.6. The van der Waals surface area contributed by atoms with Crippen LogP contribution in [0, 0.1) is 6.92 Å². The fourth-order valence-corrected chi connectivity index (χ4v) is 4.20. The zero-order valence-electron chi connectivity index (χ0n) is 14.2. The van der Waals surface area contributed by atoms with Gasteiger partial charge >= 0.3 is 0 Å². The number of nitrogens with one attached hydrogen (secondary N) is 1. The number of amides is 2. The number of rotatable bonds is 3. The quantitative estimate of drug-likeness (QED) is 0.894. The van der Waals surface area contributed by atoms with Crippen LogP contribution in [0.3, 0.4) is 0 Å². The Labute approximate surface area is 147 Å². The van der Waals surface area contributed by atoms with Gasteiger partial charge in [0.1, 0.15) is 0 Å². The summed E-state index contributed by atoms with van der Waals surface area (Å²) in [5.74, 6) is 2.05. The number of hydrogen-bond acceptors (Lipinski definition) is 4. The lowest BCUT2D eigenvalue weighted by molar-refractivity contribution is -0.134. The van der Waals surface area contributed by atoms with Crippen LogP contribution in [0.2, 0.25) is 0 Å². The zero-order valence-corrected chi connectivity index (χ0v) is 15.0. The lowest BCUT2D eigenvalue weighted by atomic mass is 10.1. The van der Waals surface area contributed by atoms with E-state index in [0.29, 0.717) is 19.5 Å². The van der Waals surface area contributed by atoms with Gasteiger partial charge in [0.2, 0.25) is 11.8 Å². The lowest BCUT2D eigenvalue weighted by Crippen LogP contribution is -2.46. The minimum Gasteiger partial charge on any atom is -0.341 e. The minimum absolute atomic E-state index is 0.0513. The highest BCUT2D eigenvalue weighted by Gasteiger charge is 2.29. The van der Waals surface area contributed by atoms with Crippen molar-refractivity contribution < 1.29 is 9.59 Å². The maximum absolute atomic E-state index is 12.6. The maximum Gasteiger partial charge on any atom is 0.240 e. The van der Waals surface area contributed by atoms with Gasteiger partial charge in [-0.2, -0.15) is 0 Å². The van der Waals surface area contributed by atoms with E-state index in [0.717, 1.165) is 36.7 Å². The predicted octanol–water partition coefficient (Wildman–Crippen LogP) is 1.26. The van der Waals surface area contributed by atoms with Crippen LogP contribution in [-0.4, -0.2) is 65.5 Å². The molecule has 1 unspecified atom stereocenters. The third-order valence-corrected chi connectivity index (χ3v) is 5.55. The molecule has 1 N–H and O–H groups in total. The molecule has 0 spiro atoms. The molecular formula is C18H25N3O2S. The van der Waals surface area contributed by atoms with Crippen LogP contribution in [0.5, 0.6) is 0 Å². The molecule has 6 heteroatoms. The van der Waals surface area contributed by atoms with E-state index in [1.54, 1.807) is 11.8 Å². The largest absolute Gasteiger partial charge is 0.341 e. The number of benzene rings is 1. The Kier molecular flexibility index (Phi) is 5.79. The van der Waals surface area contributed by atoms with Gasteiger partial charge in [0.15, 0.2) is 0 Å². The van der Waals surface area contributed by atoms with Gasteiger partial charge in [0, 0.05) is 37.8 Å². The first-order chi connectivity index (χ1) is 11.6. The zero-order chi connectivity index (χ0) is 16.9. The van der Waals surface area contributed by atoms with Crippen molar-refractivity contribution in [3.8, 4) is 0 Å². The van der Waals surface area contributed by atoms with Gasteiger partial charge in [-0.05, 0) is 18.9 Å². The van der Waals surface area contributed by atoms with Crippen molar-refractivity contribution in [3.63, 3.8) is 0 Å². The smallest absolute Gasteiger partial charge is 0.240 e. The van der Waals surface area contributed by atoms with Crippen molar-refractivity contribution in [1.29, 1.82) is 0 Å². The molecule has 5 nitrogen and oxygen atoms in total. The van der Waals surface area contributed by atoms with E-state index in [1.807, 2.05) is 34.9 Å². The molecule has 3 rings (SSSR count). The van der Waals surface area contributed by atoms with Gasteiger partial charge in [-0.1, -0.05) is 29.8 Å². The van der Waals surface area contributed by atoms with E-state index in [1.165, 1.54) is 5.56 Å². The summed E-state index contributed by atoms with van der Waals surface area (Å²) >= 11 is 1.76. The first-order valence-electron chi connectivity index (χ1n) is 8.57. The molecule has 0 aromatic heterocycles. The van der Waals surface area contributed by atoms with E-state index >= 15 is 0 Å². The molecule has 0 aliphatic carbocycles. The molecule has 1 atom stereocenters. The Morgan fingerprint density at radius 1 is 1.21 bits per heavy atom. The third-order valence-electron chi connectivity index (χ3n) is 4.61. The summed E-state index contributed by atoms with van der Waals surface area (Å²) in [6.07, 6.45) is 1.29. The SMILES string of the molecule is Cc1cccc(CC(=O)N2CCCN(C(=O)C3CSCN3)CC2)c1. The molecule has 2 heterocycles. The fourth-order valence-electron chi connectivity index (χ4n) is 3.27. The van der Waals surface area contributed by atoms with E-state index in [-0.39, 0.29) is 17.9 Å². The second kappa shape index (κ2) is 8.03. The van der Waals surface area contributed by atoms with E-state index < -0.39 is 0 Å². The molecular weight excluding hydrogens is 322 g/mol. The molecule has 2 fully saturated rings. The van der Waals surface area contributed by atoms with Gasteiger partial charge in [0.05, 0.1) is 12.5 Å². The molecule has 2 amide bonds.